The molecular formula is C7H11Cl2N3O3. The van der Waals surface area contributed by atoms with Crippen molar-refractivity contribution in [2.24, 2.45) is 5.73 Å². The number of ether oxygens (including phenoxy) is 1. The molecule has 0 unspecified atom stereocenters. The lowest BCUT2D eigenvalue weighted by Gasteiger charge is -2.06. The minimum Gasteiger partial charge on any atom is -0.468 e. The Hall–Kier alpha value is -0.820. The number of hydrogen-bond donors (Lipinski definition) is 2. The molecule has 0 saturated carbocycles. The molecule has 1 heterocycles. The number of hydrogen-bond acceptors (Lipinski definition) is 5. The second-order valence-corrected chi connectivity index (χ2v) is 2.94. The highest BCUT2D eigenvalue weighted by molar-refractivity contribution is 6.24. The predicted molar refractivity (Wildman–Crippen MR) is 55.1 cm³/mol. The number of aromatic amines is 1. The molecule has 0 fully saturated rings. The number of halogens is 2. The van der Waals surface area contributed by atoms with Crippen LogP contribution in [0.15, 0.2) is 12.5 Å². The Labute approximate surface area is 97.0 Å². The number of nitrogens with zero attached hydrogens (tertiary/aromatic N) is 1. The largest absolute Gasteiger partial charge is 0.468 e. The van der Waals surface area contributed by atoms with Gasteiger partial charge in [0.05, 0.1) is 37.2 Å². The number of imidazole rings is 1. The zero-order valence-corrected chi connectivity index (χ0v) is 9.46. The van der Waals surface area contributed by atoms with Crippen molar-refractivity contribution in [2.75, 3.05) is 7.11 Å². The minimum absolute atomic E-state index is 0.412. The fourth-order valence-electron chi connectivity index (χ4n) is 0.868. The fraction of sp³-hybridized carbons (Fsp3) is 0.429. The van der Waals surface area contributed by atoms with Crippen LogP contribution in [0.5, 0.6) is 0 Å². The molecule has 15 heavy (non-hydrogen) atoms. The highest BCUT2D eigenvalue weighted by Gasteiger charge is 2.14. The molecule has 8 heteroatoms. The summed E-state index contributed by atoms with van der Waals surface area (Å²) < 4.78 is 7.66. The zero-order valence-electron chi connectivity index (χ0n) is 7.94. The van der Waals surface area contributed by atoms with Crippen LogP contribution >= 0.6 is 23.7 Å². The van der Waals surface area contributed by atoms with Crippen molar-refractivity contribution >= 4 is 29.7 Å². The minimum atomic E-state index is -0.615. The van der Waals surface area contributed by atoms with Crippen LogP contribution in [0.2, 0.25) is 0 Å². The van der Waals surface area contributed by atoms with Gasteiger partial charge >= 0.3 is 5.97 Å². The predicted octanol–water partition coefficient (Wildman–Crippen LogP) is 0.763. The lowest BCUT2D eigenvalue weighted by atomic mass is 10.2. The Bertz CT molecular complexity index is 268. The van der Waals surface area contributed by atoms with E-state index < -0.39 is 12.0 Å². The summed E-state index contributed by atoms with van der Waals surface area (Å²) in [5.41, 5.74) is 6.32. The quantitative estimate of drug-likeness (QED) is 0.779. The number of carbonyl (C=O) groups excluding carboxylic acids is 1. The van der Waals surface area contributed by atoms with E-state index in [9.17, 15) is 4.79 Å². The number of carbonyl (C=O) groups is 1. The second kappa shape index (κ2) is 8.49. The fourth-order valence-corrected chi connectivity index (χ4v) is 0.868. The average molecular weight is 256 g/mol. The molecule has 1 rings (SSSR count). The number of nitrogens with one attached hydrogen (secondary N) is 1. The van der Waals surface area contributed by atoms with Gasteiger partial charge in [0.2, 0.25) is 0 Å². The summed E-state index contributed by atoms with van der Waals surface area (Å²) in [4.78, 5) is 17.5. The van der Waals surface area contributed by atoms with E-state index in [0.29, 0.717) is 6.42 Å². The van der Waals surface area contributed by atoms with Gasteiger partial charge in [-0.1, -0.05) is 0 Å². The summed E-state index contributed by atoms with van der Waals surface area (Å²) >= 11 is 8.53. The van der Waals surface area contributed by atoms with Gasteiger partial charge in [0.1, 0.15) is 6.04 Å². The third kappa shape index (κ3) is 6.29. The van der Waals surface area contributed by atoms with Crippen molar-refractivity contribution in [3.05, 3.63) is 18.2 Å². The summed E-state index contributed by atoms with van der Waals surface area (Å²) in [6, 6.07) is -0.615. The van der Waals surface area contributed by atoms with E-state index in [1.165, 1.54) is 7.11 Å². The number of rotatable bonds is 3. The van der Waals surface area contributed by atoms with Gasteiger partial charge in [-0.25, -0.2) is 4.98 Å². The molecule has 0 aliphatic rings. The van der Waals surface area contributed by atoms with Crippen LogP contribution in [0.3, 0.4) is 0 Å². The monoisotopic (exact) mass is 255 g/mol. The molecule has 0 amide bonds. The van der Waals surface area contributed by atoms with Crippen LogP contribution in [0, 0.1) is 0 Å². The third-order valence-electron chi connectivity index (χ3n) is 1.50. The summed E-state index contributed by atoms with van der Waals surface area (Å²) in [6.45, 7) is 0. The van der Waals surface area contributed by atoms with Crippen molar-refractivity contribution in [2.45, 2.75) is 12.5 Å². The van der Waals surface area contributed by atoms with Crippen molar-refractivity contribution in [3.8, 4) is 0 Å². The van der Waals surface area contributed by atoms with E-state index in [0.717, 1.165) is 5.69 Å². The van der Waals surface area contributed by atoms with E-state index in [1.54, 1.807) is 12.5 Å². The van der Waals surface area contributed by atoms with Crippen molar-refractivity contribution < 1.29 is 13.4 Å². The lowest BCUT2D eigenvalue weighted by Crippen LogP contribution is -2.33. The highest BCUT2D eigenvalue weighted by Crippen LogP contribution is 1.96. The molecule has 0 bridgehead atoms. The van der Waals surface area contributed by atoms with E-state index >= 15 is 0 Å². The molecule has 6 nitrogen and oxygen atoms in total. The first-order chi connectivity index (χ1) is 7.15. The zero-order chi connectivity index (χ0) is 11.7. The van der Waals surface area contributed by atoms with Crippen molar-refractivity contribution in [3.63, 3.8) is 0 Å². The Balaban J connectivity index is 0.000000583. The molecule has 1 atom stereocenters. The first kappa shape index (κ1) is 14.2. The SMILES string of the molecule is COC(=O)[C@@H](N)Cc1cnc[nH]1.ClOCl. The number of nitrogens with two attached hydrogens (primary N) is 1. The molecule has 0 spiro atoms. The maximum absolute atomic E-state index is 10.9. The van der Waals surface area contributed by atoms with E-state index in [4.69, 9.17) is 5.73 Å². The number of H-pyrrole nitrogens is 1. The Morgan fingerprint density at radius 1 is 1.73 bits per heavy atom. The number of methoxy groups -OCH3 is 1. The summed E-state index contributed by atoms with van der Waals surface area (Å²) in [6.07, 6.45) is 3.59. The molecule has 1 aromatic rings. The standard InChI is InChI=1S/C7H11N3O2.Cl2O/c1-12-7(11)6(8)2-5-3-9-4-10-5;1-3-2/h3-4,6H,2,8H2,1H3,(H,9,10);/t6-;/m0./s1. The van der Waals surface area contributed by atoms with Crippen LogP contribution in [-0.4, -0.2) is 29.1 Å². The van der Waals surface area contributed by atoms with Gasteiger partial charge in [-0.2, -0.15) is 3.84 Å². The summed E-state index contributed by atoms with van der Waals surface area (Å²) in [5.74, 6) is -0.412. The van der Waals surface area contributed by atoms with E-state index in [-0.39, 0.29) is 0 Å². The average Bonchev–Trinajstić information content (AvgIpc) is 2.70. The van der Waals surface area contributed by atoms with Gasteiger partial charge < -0.3 is 15.5 Å². The molecule has 3 N–H and O–H groups in total. The maximum Gasteiger partial charge on any atom is 0.323 e. The second-order valence-electron chi connectivity index (χ2n) is 2.47. The number of aromatic nitrogens is 2. The van der Waals surface area contributed by atoms with Gasteiger partial charge in [0.15, 0.2) is 0 Å². The first-order valence-electron chi connectivity index (χ1n) is 3.85. The van der Waals surface area contributed by atoms with Crippen LogP contribution in [-0.2, 0) is 19.8 Å². The van der Waals surface area contributed by atoms with Gasteiger partial charge in [0, 0.05) is 18.3 Å². The molecule has 0 saturated heterocycles. The Morgan fingerprint density at radius 3 is 2.73 bits per heavy atom. The molecule has 0 aliphatic heterocycles. The van der Waals surface area contributed by atoms with Crippen molar-refractivity contribution in [1.29, 1.82) is 0 Å². The molecule has 0 radical (unpaired) electrons. The smallest absolute Gasteiger partial charge is 0.323 e. The highest BCUT2D eigenvalue weighted by atomic mass is 35.6. The van der Waals surface area contributed by atoms with E-state index in [1.807, 2.05) is 0 Å². The molecular weight excluding hydrogens is 245 g/mol. The van der Waals surface area contributed by atoms with Crippen LogP contribution in [0.4, 0.5) is 0 Å². The molecule has 86 valence electrons. The third-order valence-corrected chi connectivity index (χ3v) is 1.50. The van der Waals surface area contributed by atoms with Gasteiger partial charge in [-0.15, -0.1) is 0 Å². The van der Waals surface area contributed by atoms with Crippen LogP contribution < -0.4 is 5.73 Å². The summed E-state index contributed by atoms with van der Waals surface area (Å²) in [7, 11) is 1.31. The van der Waals surface area contributed by atoms with Gasteiger partial charge in [-0.3, -0.25) is 4.79 Å². The van der Waals surface area contributed by atoms with Gasteiger partial charge in [0.25, 0.3) is 0 Å². The normalized spacial score (nSPS) is 11.2. The Kier molecular flexibility index (Phi) is 8.02. The molecule has 0 aromatic carbocycles. The number of esters is 1. The van der Waals surface area contributed by atoms with Crippen LogP contribution in [0.1, 0.15) is 5.69 Å². The van der Waals surface area contributed by atoms with Gasteiger partial charge in [-0.05, 0) is 0 Å². The first-order valence-corrected chi connectivity index (χ1v) is 4.47. The molecule has 1 aromatic heterocycles. The Morgan fingerprint density at radius 2 is 2.33 bits per heavy atom. The molecule has 0 aliphatic carbocycles. The van der Waals surface area contributed by atoms with Crippen molar-refractivity contribution in [1.82, 2.24) is 9.97 Å². The maximum atomic E-state index is 10.9. The topological polar surface area (TPSA) is 90.2 Å². The van der Waals surface area contributed by atoms with E-state index in [2.05, 4.69) is 42.3 Å². The lowest BCUT2D eigenvalue weighted by molar-refractivity contribution is -0.142. The van der Waals surface area contributed by atoms with Crippen LogP contribution in [0.25, 0.3) is 0 Å². The summed E-state index contributed by atoms with van der Waals surface area (Å²) in [5, 5.41) is 0.